The Balaban J connectivity index is 1.60. The summed E-state index contributed by atoms with van der Waals surface area (Å²) in [5.74, 6) is 1.77. The van der Waals surface area contributed by atoms with Crippen molar-refractivity contribution in [2.45, 2.75) is 40.2 Å². The molecule has 4 nitrogen and oxygen atoms in total. The van der Waals surface area contributed by atoms with E-state index in [1.807, 2.05) is 12.1 Å². The normalized spacial score (nSPS) is 21.3. The summed E-state index contributed by atoms with van der Waals surface area (Å²) < 4.78 is 5.63. The van der Waals surface area contributed by atoms with Crippen LogP contribution in [0.25, 0.3) is 11.0 Å². The third kappa shape index (κ3) is 2.51. The quantitative estimate of drug-likeness (QED) is 0.696. The van der Waals surface area contributed by atoms with Gasteiger partial charge in [0, 0.05) is 23.0 Å². The van der Waals surface area contributed by atoms with Gasteiger partial charge in [0.15, 0.2) is 0 Å². The summed E-state index contributed by atoms with van der Waals surface area (Å²) in [6.45, 7) is 7.57. The van der Waals surface area contributed by atoms with E-state index in [4.69, 9.17) is 9.41 Å². The highest BCUT2D eigenvalue weighted by Gasteiger charge is 2.43. The summed E-state index contributed by atoms with van der Waals surface area (Å²) >= 11 is 0. The van der Waals surface area contributed by atoms with E-state index in [0.29, 0.717) is 5.76 Å². The number of aryl methyl sites for hydroxylation is 2. The molecule has 1 aromatic heterocycles. The van der Waals surface area contributed by atoms with Crippen LogP contribution in [-0.4, -0.2) is 17.5 Å². The van der Waals surface area contributed by atoms with Gasteiger partial charge in [0.05, 0.1) is 5.69 Å². The highest BCUT2D eigenvalue weighted by atomic mass is 16.4. The van der Waals surface area contributed by atoms with Crippen LogP contribution < -0.4 is 4.90 Å². The Hall–Kier alpha value is -2.59. The third-order valence-electron chi connectivity index (χ3n) is 6.20. The molecule has 0 spiro atoms. The number of hydrogen-bond acceptors (Lipinski definition) is 4. The van der Waals surface area contributed by atoms with E-state index in [1.54, 1.807) is 0 Å². The fourth-order valence-electron chi connectivity index (χ4n) is 4.49. The molecule has 0 saturated carbocycles. The molecule has 2 aliphatic heterocycles. The number of furan rings is 1. The lowest BCUT2D eigenvalue weighted by atomic mass is 9.79. The van der Waals surface area contributed by atoms with Crippen molar-refractivity contribution in [3.05, 3.63) is 58.8 Å². The lowest BCUT2D eigenvalue weighted by molar-refractivity contribution is 0.251. The van der Waals surface area contributed by atoms with Crippen molar-refractivity contribution in [1.82, 2.24) is 0 Å². The molecule has 2 aliphatic rings. The number of fused-ring (bicyclic) bond motifs is 3. The molecule has 27 heavy (non-hydrogen) atoms. The van der Waals surface area contributed by atoms with Crippen LogP contribution in [-0.2, 0) is 13.0 Å². The van der Waals surface area contributed by atoms with Gasteiger partial charge >= 0.3 is 0 Å². The van der Waals surface area contributed by atoms with E-state index >= 15 is 0 Å². The van der Waals surface area contributed by atoms with Crippen molar-refractivity contribution in [3.63, 3.8) is 0 Å². The molecule has 3 heterocycles. The van der Waals surface area contributed by atoms with Crippen LogP contribution in [0.15, 0.2) is 45.8 Å². The zero-order chi connectivity index (χ0) is 18.8. The van der Waals surface area contributed by atoms with Gasteiger partial charge in [-0.1, -0.05) is 13.0 Å². The van der Waals surface area contributed by atoms with Crippen molar-refractivity contribution < 1.29 is 9.52 Å². The zero-order valence-electron chi connectivity index (χ0n) is 16.0. The summed E-state index contributed by atoms with van der Waals surface area (Å²) in [5.41, 5.74) is 7.15. The maximum absolute atomic E-state index is 9.32. The van der Waals surface area contributed by atoms with Gasteiger partial charge in [0.2, 0.25) is 0 Å². The van der Waals surface area contributed by atoms with Crippen LogP contribution in [0, 0.1) is 19.3 Å². The fraction of sp³-hybridized carbons (Fsp3) is 0.348. The highest BCUT2D eigenvalue weighted by molar-refractivity contribution is 6.07. The molecule has 3 aromatic rings. The van der Waals surface area contributed by atoms with Crippen LogP contribution in [0.5, 0.6) is 0 Å². The Morgan fingerprint density at radius 3 is 2.78 bits per heavy atom. The van der Waals surface area contributed by atoms with Crippen LogP contribution in [0.3, 0.4) is 0 Å². The standard InChI is InChI=1S/C23H24N2O2/c1-14-8-17-12-23(3)6-7-25(22(23)24-20(17)9-15(14)2)18-4-5-21-16(10-18)11-19(13-26)27-21/h4-5,8-11,26H,6-7,12-13H2,1-3H3/t23-/m0/s1. The molecule has 0 unspecified atom stereocenters. The average Bonchev–Trinajstić information content (AvgIpc) is 3.20. The summed E-state index contributed by atoms with van der Waals surface area (Å²) in [6.07, 6.45) is 2.14. The molecule has 138 valence electrons. The van der Waals surface area contributed by atoms with E-state index in [-0.39, 0.29) is 12.0 Å². The van der Waals surface area contributed by atoms with E-state index in [0.717, 1.165) is 41.7 Å². The number of aliphatic hydroxyl groups is 1. The van der Waals surface area contributed by atoms with Gasteiger partial charge < -0.3 is 14.4 Å². The fourth-order valence-corrected chi connectivity index (χ4v) is 4.49. The summed E-state index contributed by atoms with van der Waals surface area (Å²) in [5, 5.41) is 10.3. The van der Waals surface area contributed by atoms with E-state index < -0.39 is 0 Å². The lowest BCUT2D eigenvalue weighted by Gasteiger charge is -2.32. The molecule has 2 aromatic carbocycles. The van der Waals surface area contributed by atoms with Crippen molar-refractivity contribution in [2.24, 2.45) is 10.4 Å². The second-order valence-electron chi connectivity index (χ2n) is 8.23. The van der Waals surface area contributed by atoms with E-state index in [2.05, 4.69) is 49.9 Å². The summed E-state index contributed by atoms with van der Waals surface area (Å²) in [4.78, 5) is 7.47. The SMILES string of the molecule is Cc1cc2c(cc1C)N=C1N(c3ccc4oc(CO)cc4c3)CC[C@@]1(C)C2. The molecule has 5 rings (SSSR count). The molecular formula is C23H24N2O2. The first-order chi connectivity index (χ1) is 13.0. The minimum absolute atomic E-state index is 0.0753. The van der Waals surface area contributed by atoms with Gasteiger partial charge in [-0.3, -0.25) is 0 Å². The Labute approximate surface area is 159 Å². The predicted octanol–water partition coefficient (Wildman–Crippen LogP) is 5.04. The first-order valence-electron chi connectivity index (χ1n) is 9.57. The van der Waals surface area contributed by atoms with Gasteiger partial charge in [-0.05, 0) is 73.7 Å². The van der Waals surface area contributed by atoms with Crippen LogP contribution in [0.1, 0.15) is 35.8 Å². The number of hydrogen-bond donors (Lipinski definition) is 1. The minimum atomic E-state index is -0.0753. The molecule has 0 aliphatic carbocycles. The van der Waals surface area contributed by atoms with Crippen LogP contribution >= 0.6 is 0 Å². The number of aliphatic hydroxyl groups excluding tert-OH is 1. The first kappa shape index (κ1) is 16.6. The molecule has 1 saturated heterocycles. The molecule has 0 bridgehead atoms. The smallest absolute Gasteiger partial charge is 0.134 e. The van der Waals surface area contributed by atoms with Crippen molar-refractivity contribution in [1.29, 1.82) is 0 Å². The van der Waals surface area contributed by atoms with E-state index in [9.17, 15) is 5.11 Å². The molecular weight excluding hydrogens is 336 g/mol. The molecule has 0 radical (unpaired) electrons. The van der Waals surface area contributed by atoms with Crippen molar-refractivity contribution in [3.8, 4) is 0 Å². The Morgan fingerprint density at radius 1 is 1.15 bits per heavy atom. The number of benzene rings is 2. The Bertz CT molecular complexity index is 1100. The van der Waals surface area contributed by atoms with Gasteiger partial charge in [-0.2, -0.15) is 0 Å². The predicted molar refractivity (Wildman–Crippen MR) is 109 cm³/mol. The molecule has 4 heteroatoms. The van der Waals surface area contributed by atoms with Crippen molar-refractivity contribution >= 4 is 28.2 Å². The first-order valence-corrected chi connectivity index (χ1v) is 9.57. The highest BCUT2D eigenvalue weighted by Crippen LogP contribution is 2.45. The third-order valence-corrected chi connectivity index (χ3v) is 6.20. The second-order valence-corrected chi connectivity index (χ2v) is 8.23. The molecule has 1 fully saturated rings. The number of anilines is 1. The van der Waals surface area contributed by atoms with E-state index in [1.165, 1.54) is 22.5 Å². The minimum Gasteiger partial charge on any atom is -0.459 e. The summed E-state index contributed by atoms with van der Waals surface area (Å²) in [7, 11) is 0. The maximum atomic E-state index is 9.32. The molecule has 0 amide bonds. The van der Waals surface area contributed by atoms with Crippen molar-refractivity contribution in [2.75, 3.05) is 11.4 Å². The number of amidine groups is 1. The number of rotatable bonds is 2. The second kappa shape index (κ2) is 5.70. The van der Waals surface area contributed by atoms with Gasteiger partial charge in [-0.15, -0.1) is 0 Å². The van der Waals surface area contributed by atoms with Gasteiger partial charge in [-0.25, -0.2) is 4.99 Å². The van der Waals surface area contributed by atoms with Gasteiger partial charge in [0.1, 0.15) is 23.8 Å². The van der Waals surface area contributed by atoms with Gasteiger partial charge in [0.25, 0.3) is 0 Å². The molecule has 1 N–H and O–H groups in total. The van der Waals surface area contributed by atoms with Crippen LogP contribution in [0.2, 0.25) is 0 Å². The van der Waals surface area contributed by atoms with Crippen LogP contribution in [0.4, 0.5) is 11.4 Å². The monoisotopic (exact) mass is 360 g/mol. The number of aliphatic imine (C=N–C) groups is 1. The average molecular weight is 360 g/mol. The summed E-state index contributed by atoms with van der Waals surface area (Å²) in [6, 6.07) is 12.7. The zero-order valence-corrected chi connectivity index (χ0v) is 16.0. The molecule has 1 atom stereocenters. The topological polar surface area (TPSA) is 49.0 Å². The maximum Gasteiger partial charge on any atom is 0.134 e. The largest absolute Gasteiger partial charge is 0.459 e. The Morgan fingerprint density at radius 2 is 1.96 bits per heavy atom. The number of nitrogens with zero attached hydrogens (tertiary/aromatic N) is 2. The lowest BCUT2D eigenvalue weighted by Crippen LogP contribution is -2.36. The Kier molecular flexibility index (Phi) is 3.50.